The second-order valence-corrected chi connectivity index (χ2v) is 9.68. The van der Waals surface area contributed by atoms with E-state index in [1.54, 1.807) is 10.6 Å². The molecule has 1 saturated carbocycles. The highest BCUT2D eigenvalue weighted by molar-refractivity contribution is 5.95. The first-order valence-corrected chi connectivity index (χ1v) is 12.8. The summed E-state index contributed by atoms with van der Waals surface area (Å²) < 4.78 is 18.4. The predicted octanol–water partition coefficient (Wildman–Crippen LogP) is 4.67. The van der Waals surface area contributed by atoms with Crippen LogP contribution in [0, 0.1) is 5.92 Å². The number of nitrogens with zero attached hydrogens (tertiary/aromatic N) is 4. The quantitative estimate of drug-likeness (QED) is 0.314. The van der Waals surface area contributed by atoms with Crippen LogP contribution in [0.25, 0.3) is 33.4 Å². The summed E-state index contributed by atoms with van der Waals surface area (Å²) in [5.74, 6) is 0.439. The Bertz CT molecular complexity index is 1720. The molecule has 3 aromatic heterocycles. The Labute approximate surface area is 223 Å². The van der Waals surface area contributed by atoms with Gasteiger partial charge in [0.1, 0.15) is 41.7 Å². The average Bonchev–Trinajstić information content (AvgIpc) is 3.39. The summed E-state index contributed by atoms with van der Waals surface area (Å²) in [6.45, 7) is 0.425. The molecular formula is C29H27N5O5. The largest absolute Gasteiger partial charge is 0.489 e. The Balaban J connectivity index is 1.38. The number of ether oxygens (including phenoxy) is 2. The van der Waals surface area contributed by atoms with Crippen LogP contribution in [0.2, 0.25) is 0 Å². The minimum absolute atomic E-state index is 0.173. The lowest BCUT2D eigenvalue weighted by atomic mass is 9.86. The van der Waals surface area contributed by atoms with Gasteiger partial charge in [-0.05, 0) is 43.4 Å². The van der Waals surface area contributed by atoms with E-state index in [-0.39, 0.29) is 35.0 Å². The maximum absolute atomic E-state index is 14.0. The summed E-state index contributed by atoms with van der Waals surface area (Å²) in [7, 11) is 1.40. The summed E-state index contributed by atoms with van der Waals surface area (Å²) in [6.07, 6.45) is 5.33. The van der Waals surface area contributed by atoms with Gasteiger partial charge in [-0.15, -0.1) is 0 Å². The number of carbonyl (C=O) groups excluding carboxylic acids is 1. The number of methoxy groups -OCH3 is 1. The van der Waals surface area contributed by atoms with E-state index in [4.69, 9.17) is 19.6 Å². The maximum Gasteiger partial charge on any atom is 0.308 e. The Morgan fingerprint density at radius 2 is 1.90 bits per heavy atom. The first-order valence-electron chi connectivity index (χ1n) is 12.8. The van der Waals surface area contributed by atoms with Crippen LogP contribution in [0.15, 0.2) is 70.3 Å². The van der Waals surface area contributed by atoms with Crippen molar-refractivity contribution in [1.29, 1.82) is 0 Å². The average molecular weight is 526 g/mol. The standard InChI is InChI=1S/C29H27N5O5/c1-37-29(36)18-7-9-19(10-8-18)34-27-25(26(30)31-16-32-27)33-24(28(34)35)22-15-39-23-13-20(11-12-21(22)23)38-14-17-5-3-2-4-6-17/h2-6,11-13,15-16,18-19H,7-10,14H2,1H3,(H2,30,31,32). The van der Waals surface area contributed by atoms with Crippen LogP contribution in [0.4, 0.5) is 5.82 Å². The van der Waals surface area contributed by atoms with Crippen molar-refractivity contribution in [3.05, 3.63) is 77.0 Å². The molecule has 0 amide bonds. The van der Waals surface area contributed by atoms with E-state index in [2.05, 4.69) is 15.0 Å². The van der Waals surface area contributed by atoms with E-state index in [9.17, 15) is 9.59 Å². The van der Waals surface area contributed by atoms with Crippen molar-refractivity contribution in [2.24, 2.45) is 5.92 Å². The number of hydrogen-bond donors (Lipinski definition) is 1. The van der Waals surface area contributed by atoms with Crippen LogP contribution in [-0.2, 0) is 16.1 Å². The molecule has 6 rings (SSSR count). The van der Waals surface area contributed by atoms with Gasteiger partial charge in [0.05, 0.1) is 18.6 Å². The van der Waals surface area contributed by atoms with Crippen LogP contribution < -0.4 is 16.0 Å². The molecule has 1 aliphatic rings. The number of hydrogen-bond acceptors (Lipinski definition) is 9. The summed E-state index contributed by atoms with van der Waals surface area (Å²) in [4.78, 5) is 39.1. The first kappa shape index (κ1) is 24.6. The number of carbonyl (C=O) groups is 1. The van der Waals surface area contributed by atoms with E-state index < -0.39 is 0 Å². The number of nitrogen functional groups attached to an aromatic ring is 1. The molecule has 0 radical (unpaired) electrons. The van der Waals surface area contributed by atoms with Gasteiger partial charge in [-0.3, -0.25) is 14.2 Å². The summed E-state index contributed by atoms with van der Waals surface area (Å²) in [6, 6.07) is 15.2. The van der Waals surface area contributed by atoms with Crippen molar-refractivity contribution in [2.75, 3.05) is 12.8 Å². The van der Waals surface area contributed by atoms with Crippen molar-refractivity contribution in [1.82, 2.24) is 19.5 Å². The molecule has 0 bridgehead atoms. The normalized spacial score (nSPS) is 17.4. The molecule has 2 aromatic carbocycles. The lowest BCUT2D eigenvalue weighted by Gasteiger charge is -2.29. The molecule has 3 heterocycles. The molecule has 2 N–H and O–H groups in total. The van der Waals surface area contributed by atoms with Crippen LogP contribution in [0.1, 0.15) is 37.3 Å². The lowest BCUT2D eigenvalue weighted by Crippen LogP contribution is -2.32. The summed E-state index contributed by atoms with van der Waals surface area (Å²) in [5, 5.41) is 0.724. The Morgan fingerprint density at radius 3 is 2.67 bits per heavy atom. The molecule has 5 aromatic rings. The molecule has 39 heavy (non-hydrogen) atoms. The van der Waals surface area contributed by atoms with Crippen molar-refractivity contribution in [2.45, 2.75) is 38.3 Å². The molecular weight excluding hydrogens is 498 g/mol. The van der Waals surface area contributed by atoms with Crippen molar-refractivity contribution >= 4 is 33.9 Å². The lowest BCUT2D eigenvalue weighted by molar-refractivity contribution is -0.146. The van der Waals surface area contributed by atoms with Gasteiger partial charge in [-0.2, -0.15) is 0 Å². The summed E-state index contributed by atoms with van der Waals surface area (Å²) in [5.41, 5.74) is 8.99. The van der Waals surface area contributed by atoms with Crippen molar-refractivity contribution in [3.8, 4) is 17.0 Å². The number of esters is 1. The van der Waals surface area contributed by atoms with Gasteiger partial charge in [0, 0.05) is 17.5 Å². The van der Waals surface area contributed by atoms with E-state index in [0.717, 1.165) is 10.9 Å². The monoisotopic (exact) mass is 525 g/mol. The molecule has 1 aliphatic carbocycles. The molecule has 198 valence electrons. The van der Waals surface area contributed by atoms with Gasteiger partial charge in [-0.1, -0.05) is 30.3 Å². The number of anilines is 1. The van der Waals surface area contributed by atoms with Crippen LogP contribution in [0.5, 0.6) is 5.75 Å². The van der Waals surface area contributed by atoms with E-state index in [1.807, 2.05) is 42.5 Å². The van der Waals surface area contributed by atoms with Gasteiger partial charge in [0.2, 0.25) is 0 Å². The zero-order chi connectivity index (χ0) is 26.9. The zero-order valence-electron chi connectivity index (χ0n) is 21.4. The minimum atomic E-state index is -0.297. The van der Waals surface area contributed by atoms with Gasteiger partial charge < -0.3 is 19.6 Å². The molecule has 0 atom stereocenters. The zero-order valence-corrected chi connectivity index (χ0v) is 21.4. The fourth-order valence-corrected chi connectivity index (χ4v) is 5.31. The number of nitrogens with two attached hydrogens (primary N) is 1. The third-order valence-corrected chi connectivity index (χ3v) is 7.35. The second-order valence-electron chi connectivity index (χ2n) is 9.68. The van der Waals surface area contributed by atoms with Gasteiger partial charge in [-0.25, -0.2) is 15.0 Å². The highest BCUT2D eigenvalue weighted by Gasteiger charge is 2.31. The number of benzene rings is 2. The third-order valence-electron chi connectivity index (χ3n) is 7.35. The van der Waals surface area contributed by atoms with Crippen LogP contribution in [0.3, 0.4) is 0 Å². The van der Waals surface area contributed by atoms with Gasteiger partial charge in [0.25, 0.3) is 5.56 Å². The fraction of sp³-hybridized carbons (Fsp3) is 0.276. The molecule has 0 spiro atoms. The SMILES string of the molecule is COC(=O)C1CCC(n2c(=O)c(-c3coc4cc(OCc5ccccc5)ccc34)nc3c(N)ncnc32)CC1. The highest BCUT2D eigenvalue weighted by Crippen LogP contribution is 2.36. The second kappa shape index (κ2) is 10.2. The highest BCUT2D eigenvalue weighted by atomic mass is 16.5. The maximum atomic E-state index is 14.0. The number of aromatic nitrogens is 4. The Morgan fingerprint density at radius 1 is 1.10 bits per heavy atom. The number of furan rings is 1. The van der Waals surface area contributed by atoms with E-state index in [1.165, 1.54) is 19.7 Å². The third kappa shape index (κ3) is 4.58. The molecule has 1 fully saturated rings. The van der Waals surface area contributed by atoms with E-state index >= 15 is 0 Å². The smallest absolute Gasteiger partial charge is 0.308 e. The molecule has 10 nitrogen and oxygen atoms in total. The Hall–Kier alpha value is -4.73. The first-order chi connectivity index (χ1) is 19.0. The predicted molar refractivity (Wildman–Crippen MR) is 145 cm³/mol. The van der Waals surface area contributed by atoms with Crippen LogP contribution in [-0.4, -0.2) is 32.6 Å². The number of rotatable bonds is 6. The number of fused-ring (bicyclic) bond motifs is 2. The topological polar surface area (TPSA) is 135 Å². The van der Waals surface area contributed by atoms with Gasteiger partial charge in [0.15, 0.2) is 11.5 Å². The molecule has 0 unspecified atom stereocenters. The minimum Gasteiger partial charge on any atom is -0.489 e. The Kier molecular flexibility index (Phi) is 6.44. The van der Waals surface area contributed by atoms with Crippen LogP contribution >= 0.6 is 0 Å². The van der Waals surface area contributed by atoms with Gasteiger partial charge >= 0.3 is 5.97 Å². The van der Waals surface area contributed by atoms with E-state index in [0.29, 0.717) is 60.4 Å². The molecule has 0 aliphatic heterocycles. The summed E-state index contributed by atoms with van der Waals surface area (Å²) >= 11 is 0. The fourth-order valence-electron chi connectivity index (χ4n) is 5.31. The molecule has 0 saturated heterocycles. The van der Waals surface area contributed by atoms with Crippen molar-refractivity contribution < 1.29 is 18.7 Å². The molecule has 10 heteroatoms. The van der Waals surface area contributed by atoms with Crippen molar-refractivity contribution in [3.63, 3.8) is 0 Å².